The van der Waals surface area contributed by atoms with Gasteiger partial charge in [-0.05, 0) is 35.9 Å². The van der Waals surface area contributed by atoms with Gasteiger partial charge in [0.25, 0.3) is 0 Å². The Balaban J connectivity index is 1.93. The quantitative estimate of drug-likeness (QED) is 0.447. The molecule has 4 nitrogen and oxygen atoms in total. The molecule has 0 unspecified atom stereocenters. The molecule has 1 aliphatic rings. The van der Waals surface area contributed by atoms with Crippen LogP contribution in [0.25, 0.3) is 5.76 Å². The van der Waals surface area contributed by atoms with E-state index in [2.05, 4.69) is 6.58 Å². The lowest BCUT2D eigenvalue weighted by Gasteiger charge is -2.22. The minimum atomic E-state index is -5.04. The molecule has 11 heteroatoms. The number of halogens is 7. The number of carboxylic acid groups (broad SMARTS) is 1. The SMILES string of the molecule is C=C(O[C@H]1CN(C(=O)O)C[C@@H]1c1ccc(F)cc1)c1cc(C(F)(F)F)cc(C(F)(F)F)c1. The van der Waals surface area contributed by atoms with Crippen LogP contribution in [0.1, 0.15) is 28.2 Å². The highest BCUT2D eigenvalue weighted by Gasteiger charge is 2.40. The van der Waals surface area contributed by atoms with Crippen molar-refractivity contribution in [2.75, 3.05) is 13.1 Å². The molecule has 0 bridgehead atoms. The molecular weight excluding hydrogens is 447 g/mol. The number of hydrogen-bond donors (Lipinski definition) is 1. The average molecular weight is 463 g/mol. The summed E-state index contributed by atoms with van der Waals surface area (Å²) in [6, 6.07) is 6.04. The number of amides is 1. The Morgan fingerprint density at radius 2 is 1.50 bits per heavy atom. The second-order valence-electron chi connectivity index (χ2n) is 7.22. The Morgan fingerprint density at radius 1 is 0.969 bits per heavy atom. The Labute approximate surface area is 177 Å². The fourth-order valence-electron chi connectivity index (χ4n) is 3.45. The zero-order valence-electron chi connectivity index (χ0n) is 16.2. The van der Waals surface area contributed by atoms with Crippen molar-refractivity contribution >= 4 is 11.9 Å². The zero-order chi connectivity index (χ0) is 23.8. The third-order valence-corrected chi connectivity index (χ3v) is 5.04. The van der Waals surface area contributed by atoms with E-state index in [-0.39, 0.29) is 19.2 Å². The third kappa shape index (κ3) is 5.14. The first kappa shape index (κ1) is 23.4. The van der Waals surface area contributed by atoms with Crippen LogP contribution < -0.4 is 0 Å². The smallest absolute Gasteiger partial charge is 0.416 e. The first-order valence-corrected chi connectivity index (χ1v) is 9.14. The van der Waals surface area contributed by atoms with Crippen LogP contribution in [0.15, 0.2) is 49.0 Å². The van der Waals surface area contributed by atoms with Crippen molar-refractivity contribution in [2.24, 2.45) is 0 Å². The van der Waals surface area contributed by atoms with Crippen molar-refractivity contribution in [3.8, 4) is 0 Å². The second-order valence-corrected chi connectivity index (χ2v) is 7.22. The number of ether oxygens (including phenoxy) is 1. The van der Waals surface area contributed by atoms with Crippen LogP contribution in [0.2, 0.25) is 0 Å². The van der Waals surface area contributed by atoms with E-state index in [1.54, 1.807) is 0 Å². The van der Waals surface area contributed by atoms with Crippen molar-refractivity contribution in [1.82, 2.24) is 4.90 Å². The molecular formula is C21H16F7NO3. The fourth-order valence-corrected chi connectivity index (χ4v) is 3.45. The molecule has 172 valence electrons. The Kier molecular flexibility index (Phi) is 6.12. The van der Waals surface area contributed by atoms with Crippen LogP contribution in [0.4, 0.5) is 35.5 Å². The van der Waals surface area contributed by atoms with Gasteiger partial charge in [0.1, 0.15) is 17.7 Å². The molecule has 1 amide bonds. The van der Waals surface area contributed by atoms with Crippen LogP contribution in [-0.4, -0.2) is 35.3 Å². The summed E-state index contributed by atoms with van der Waals surface area (Å²) < 4.78 is 97.5. The minimum absolute atomic E-state index is 0.0141. The van der Waals surface area contributed by atoms with Crippen LogP contribution in [0, 0.1) is 5.82 Å². The molecule has 0 spiro atoms. The first-order valence-electron chi connectivity index (χ1n) is 9.14. The van der Waals surface area contributed by atoms with Gasteiger partial charge in [0.05, 0.1) is 17.7 Å². The highest BCUT2D eigenvalue weighted by Crippen LogP contribution is 2.39. The maximum Gasteiger partial charge on any atom is 0.416 e. The minimum Gasteiger partial charge on any atom is -0.488 e. The van der Waals surface area contributed by atoms with Gasteiger partial charge >= 0.3 is 18.4 Å². The van der Waals surface area contributed by atoms with Gasteiger partial charge in [0, 0.05) is 18.0 Å². The van der Waals surface area contributed by atoms with Gasteiger partial charge in [-0.25, -0.2) is 9.18 Å². The lowest BCUT2D eigenvalue weighted by molar-refractivity contribution is -0.143. The predicted octanol–water partition coefficient (Wildman–Crippen LogP) is 6.00. The highest BCUT2D eigenvalue weighted by atomic mass is 19.4. The van der Waals surface area contributed by atoms with Crippen LogP contribution in [0.5, 0.6) is 0 Å². The number of rotatable bonds is 4. The molecule has 0 radical (unpaired) electrons. The van der Waals surface area contributed by atoms with Gasteiger partial charge in [-0.2, -0.15) is 26.3 Å². The number of likely N-dealkylation sites (tertiary alicyclic amines) is 1. The average Bonchev–Trinajstić information content (AvgIpc) is 3.11. The Morgan fingerprint density at radius 3 is 1.97 bits per heavy atom. The summed E-state index contributed by atoms with van der Waals surface area (Å²) >= 11 is 0. The predicted molar refractivity (Wildman–Crippen MR) is 99.1 cm³/mol. The largest absolute Gasteiger partial charge is 0.488 e. The molecule has 0 aliphatic carbocycles. The van der Waals surface area contributed by atoms with E-state index in [4.69, 9.17) is 4.74 Å². The molecule has 2 aromatic carbocycles. The van der Waals surface area contributed by atoms with E-state index in [0.29, 0.717) is 17.7 Å². The molecule has 1 fully saturated rings. The summed E-state index contributed by atoms with van der Waals surface area (Å²) in [5.74, 6) is -1.66. The van der Waals surface area contributed by atoms with E-state index >= 15 is 0 Å². The molecule has 1 saturated heterocycles. The van der Waals surface area contributed by atoms with Gasteiger partial charge in [0.15, 0.2) is 0 Å². The van der Waals surface area contributed by atoms with Crippen molar-refractivity contribution in [3.05, 3.63) is 77.1 Å². The second kappa shape index (κ2) is 8.36. The molecule has 0 saturated carbocycles. The van der Waals surface area contributed by atoms with Crippen molar-refractivity contribution < 1.29 is 45.4 Å². The normalized spacial score (nSPS) is 19.2. The summed E-state index contributed by atoms with van der Waals surface area (Å²) in [4.78, 5) is 12.4. The molecule has 32 heavy (non-hydrogen) atoms. The van der Waals surface area contributed by atoms with E-state index in [9.17, 15) is 40.6 Å². The molecule has 1 N–H and O–H groups in total. The number of nitrogens with zero attached hydrogens (tertiary/aromatic N) is 1. The van der Waals surface area contributed by atoms with Gasteiger partial charge in [-0.15, -0.1) is 0 Å². The maximum absolute atomic E-state index is 13.2. The molecule has 3 rings (SSSR count). The van der Waals surface area contributed by atoms with E-state index in [1.165, 1.54) is 12.1 Å². The Hall–Kier alpha value is -3.24. The van der Waals surface area contributed by atoms with Crippen LogP contribution >= 0.6 is 0 Å². The highest BCUT2D eigenvalue weighted by molar-refractivity contribution is 5.66. The molecule has 2 aromatic rings. The number of carbonyl (C=O) groups is 1. The number of alkyl halides is 6. The van der Waals surface area contributed by atoms with Gasteiger partial charge in [0.2, 0.25) is 0 Å². The van der Waals surface area contributed by atoms with Gasteiger partial charge in [-0.1, -0.05) is 18.7 Å². The number of benzene rings is 2. The fraction of sp³-hybridized carbons (Fsp3) is 0.286. The summed E-state index contributed by atoms with van der Waals surface area (Å²) in [5, 5.41) is 9.28. The Bertz CT molecular complexity index is 983. The monoisotopic (exact) mass is 463 g/mol. The third-order valence-electron chi connectivity index (χ3n) is 5.04. The van der Waals surface area contributed by atoms with Crippen molar-refractivity contribution in [3.63, 3.8) is 0 Å². The van der Waals surface area contributed by atoms with Crippen LogP contribution in [-0.2, 0) is 17.1 Å². The summed E-state index contributed by atoms with van der Waals surface area (Å²) in [6.45, 7) is 3.20. The lowest BCUT2D eigenvalue weighted by Crippen LogP contribution is -2.28. The van der Waals surface area contributed by atoms with Crippen molar-refractivity contribution in [2.45, 2.75) is 24.4 Å². The van der Waals surface area contributed by atoms with Crippen LogP contribution in [0.3, 0.4) is 0 Å². The first-order chi connectivity index (χ1) is 14.8. The molecule has 2 atom stereocenters. The summed E-state index contributed by atoms with van der Waals surface area (Å²) in [6.07, 6.45) is -12.3. The standard InChI is InChI=1S/C21H16F7NO3/c1-11(13-6-14(20(23,24)25)8-15(7-13)21(26,27)28)32-18-10-29(19(30)31)9-17(18)12-2-4-16(22)5-3-12/h2-8,17-18H,1,9-10H2,(H,30,31)/t17-,18+/m1/s1. The van der Waals surface area contributed by atoms with E-state index in [0.717, 1.165) is 17.0 Å². The van der Waals surface area contributed by atoms with Gasteiger partial charge in [-0.3, -0.25) is 0 Å². The van der Waals surface area contributed by atoms with E-state index < -0.39 is 58.7 Å². The molecule has 1 heterocycles. The van der Waals surface area contributed by atoms with Gasteiger partial charge < -0.3 is 14.7 Å². The maximum atomic E-state index is 13.2. The summed E-state index contributed by atoms with van der Waals surface area (Å²) in [7, 11) is 0. The van der Waals surface area contributed by atoms with Crippen molar-refractivity contribution in [1.29, 1.82) is 0 Å². The molecule has 1 aliphatic heterocycles. The number of hydrogen-bond acceptors (Lipinski definition) is 2. The van der Waals surface area contributed by atoms with E-state index in [1.807, 2.05) is 0 Å². The molecule has 0 aromatic heterocycles. The zero-order valence-corrected chi connectivity index (χ0v) is 16.2. The lowest BCUT2D eigenvalue weighted by atomic mass is 9.96. The summed E-state index contributed by atoms with van der Waals surface area (Å²) in [5.41, 5.74) is -3.10. The topological polar surface area (TPSA) is 49.8 Å².